The number of nitrogens with zero attached hydrogens (tertiary/aromatic N) is 2. The molecule has 1 aliphatic rings. The van der Waals surface area contributed by atoms with Gasteiger partial charge < -0.3 is 4.90 Å². The van der Waals surface area contributed by atoms with Crippen LogP contribution in [0.1, 0.15) is 48.5 Å². The molecule has 1 aromatic carbocycles. The summed E-state index contributed by atoms with van der Waals surface area (Å²) in [5.74, 6) is -1.04. The first kappa shape index (κ1) is 21.9. The standard InChI is InChI=1S/C21H21Cl3N2O3/c1-25(15-5-3-2-4-6-15)21(29)19(26-12-14(23)8-10-18(26)27)20(28)16-9-7-13(22)11-17(16)24/h7-12,15,19H,2-6H2,1H3. The summed E-state index contributed by atoms with van der Waals surface area (Å²) in [7, 11) is 1.68. The van der Waals surface area contributed by atoms with E-state index in [0.29, 0.717) is 5.02 Å². The smallest absolute Gasteiger partial charge is 0.253 e. The van der Waals surface area contributed by atoms with Gasteiger partial charge in [-0.15, -0.1) is 0 Å². The molecule has 3 rings (SSSR count). The van der Waals surface area contributed by atoms with Crippen LogP contribution in [0, 0.1) is 0 Å². The van der Waals surface area contributed by atoms with E-state index in [4.69, 9.17) is 34.8 Å². The molecule has 1 aromatic heterocycles. The van der Waals surface area contributed by atoms with Gasteiger partial charge in [0, 0.05) is 35.9 Å². The van der Waals surface area contributed by atoms with Crippen molar-refractivity contribution in [2.24, 2.45) is 0 Å². The SMILES string of the molecule is CN(C(=O)C(C(=O)c1ccc(Cl)cc1Cl)n1cc(Cl)ccc1=O)C1CCCCC1. The van der Waals surface area contributed by atoms with E-state index in [0.717, 1.165) is 36.7 Å². The van der Waals surface area contributed by atoms with Gasteiger partial charge in [0.1, 0.15) is 0 Å². The fourth-order valence-corrected chi connectivity index (χ4v) is 4.38. The number of hydrogen-bond acceptors (Lipinski definition) is 3. The largest absolute Gasteiger partial charge is 0.341 e. The maximum atomic E-state index is 13.4. The molecule has 1 heterocycles. The van der Waals surface area contributed by atoms with Crippen LogP contribution in [-0.2, 0) is 4.79 Å². The monoisotopic (exact) mass is 454 g/mol. The number of rotatable bonds is 5. The highest BCUT2D eigenvalue weighted by atomic mass is 35.5. The van der Waals surface area contributed by atoms with Crippen LogP contribution in [0.5, 0.6) is 0 Å². The van der Waals surface area contributed by atoms with Crippen LogP contribution >= 0.6 is 34.8 Å². The van der Waals surface area contributed by atoms with Gasteiger partial charge in [0.25, 0.3) is 11.5 Å². The molecule has 1 aliphatic carbocycles. The van der Waals surface area contributed by atoms with Gasteiger partial charge in [-0.1, -0.05) is 54.1 Å². The first-order chi connectivity index (χ1) is 13.8. The highest BCUT2D eigenvalue weighted by Gasteiger charge is 2.36. The number of pyridine rings is 1. The molecule has 0 saturated heterocycles. The summed E-state index contributed by atoms with van der Waals surface area (Å²) in [6, 6.07) is 5.71. The molecule has 8 heteroatoms. The quantitative estimate of drug-likeness (QED) is 0.469. The van der Waals surface area contributed by atoms with Gasteiger partial charge in [-0.25, -0.2) is 0 Å². The lowest BCUT2D eigenvalue weighted by Crippen LogP contribution is -2.46. The van der Waals surface area contributed by atoms with Gasteiger partial charge in [-0.05, 0) is 37.1 Å². The van der Waals surface area contributed by atoms with Crippen molar-refractivity contribution in [3.8, 4) is 0 Å². The fourth-order valence-electron chi connectivity index (χ4n) is 3.71. The topological polar surface area (TPSA) is 59.4 Å². The third-order valence-corrected chi connectivity index (χ3v) is 6.10. The van der Waals surface area contributed by atoms with E-state index in [1.807, 2.05) is 0 Å². The number of likely N-dealkylation sites (N-methyl/N-ethyl adjacent to an activating group) is 1. The van der Waals surface area contributed by atoms with Gasteiger partial charge in [0.2, 0.25) is 0 Å². The van der Waals surface area contributed by atoms with E-state index in [9.17, 15) is 14.4 Å². The van der Waals surface area contributed by atoms with Crippen LogP contribution in [0.3, 0.4) is 0 Å². The van der Waals surface area contributed by atoms with Crippen molar-refractivity contribution in [2.45, 2.75) is 44.2 Å². The van der Waals surface area contributed by atoms with Crippen molar-refractivity contribution in [1.29, 1.82) is 0 Å². The minimum absolute atomic E-state index is 0.0297. The minimum Gasteiger partial charge on any atom is -0.341 e. The Morgan fingerprint density at radius 2 is 1.69 bits per heavy atom. The van der Waals surface area contributed by atoms with Crippen LogP contribution in [0.4, 0.5) is 0 Å². The van der Waals surface area contributed by atoms with Gasteiger partial charge in [-0.3, -0.25) is 19.0 Å². The zero-order chi connectivity index (χ0) is 21.1. The Balaban J connectivity index is 2.06. The van der Waals surface area contributed by atoms with Crippen molar-refractivity contribution in [1.82, 2.24) is 9.47 Å². The number of carbonyl (C=O) groups is 2. The van der Waals surface area contributed by atoms with Gasteiger partial charge in [0.05, 0.1) is 10.0 Å². The molecule has 0 radical (unpaired) electrons. The Morgan fingerprint density at radius 1 is 1.03 bits per heavy atom. The number of ketones is 1. The summed E-state index contributed by atoms with van der Waals surface area (Å²) in [6.07, 6.45) is 6.24. The zero-order valence-electron chi connectivity index (χ0n) is 15.9. The van der Waals surface area contributed by atoms with Crippen molar-refractivity contribution in [3.05, 3.63) is 67.5 Å². The summed E-state index contributed by atoms with van der Waals surface area (Å²) < 4.78 is 1.08. The second-order valence-corrected chi connectivity index (χ2v) is 8.50. The minimum atomic E-state index is -1.40. The average Bonchev–Trinajstić information content (AvgIpc) is 2.70. The van der Waals surface area contributed by atoms with E-state index < -0.39 is 23.3 Å². The number of Topliss-reactive ketones (excluding diaryl/α,β-unsaturated/α-hetero) is 1. The molecule has 1 saturated carbocycles. The van der Waals surface area contributed by atoms with Gasteiger partial charge in [0.15, 0.2) is 11.8 Å². The first-order valence-corrected chi connectivity index (χ1v) is 10.6. The molecule has 1 amide bonds. The third-order valence-electron chi connectivity index (χ3n) is 5.33. The van der Waals surface area contributed by atoms with E-state index in [-0.39, 0.29) is 21.7 Å². The van der Waals surface area contributed by atoms with E-state index in [1.165, 1.54) is 36.5 Å². The van der Waals surface area contributed by atoms with Crippen LogP contribution in [0.25, 0.3) is 0 Å². The predicted molar refractivity (Wildman–Crippen MR) is 115 cm³/mol. The third kappa shape index (κ3) is 4.85. The molecule has 0 spiro atoms. The fraction of sp³-hybridized carbons (Fsp3) is 0.381. The zero-order valence-corrected chi connectivity index (χ0v) is 18.2. The number of aromatic nitrogens is 1. The van der Waals surface area contributed by atoms with Crippen LogP contribution in [0.15, 0.2) is 41.3 Å². The maximum absolute atomic E-state index is 13.4. The highest BCUT2D eigenvalue weighted by molar-refractivity contribution is 6.37. The van der Waals surface area contributed by atoms with E-state index in [2.05, 4.69) is 0 Å². The molecule has 1 fully saturated rings. The summed E-state index contributed by atoms with van der Waals surface area (Å²) in [5, 5.41) is 0.738. The Labute approximate surface area is 184 Å². The summed E-state index contributed by atoms with van der Waals surface area (Å²) >= 11 is 18.2. The normalized spacial score (nSPS) is 15.7. The molecule has 1 atom stereocenters. The van der Waals surface area contributed by atoms with Gasteiger partial charge >= 0.3 is 0 Å². The van der Waals surface area contributed by atoms with Crippen LogP contribution in [-0.4, -0.2) is 34.2 Å². The number of amides is 1. The number of halogens is 3. The summed E-state index contributed by atoms with van der Waals surface area (Å²) in [6.45, 7) is 0. The molecule has 0 bridgehead atoms. The van der Waals surface area contributed by atoms with E-state index in [1.54, 1.807) is 11.9 Å². The lowest BCUT2D eigenvalue weighted by atomic mass is 9.93. The Morgan fingerprint density at radius 3 is 2.34 bits per heavy atom. The van der Waals surface area contributed by atoms with Crippen LogP contribution in [0.2, 0.25) is 15.1 Å². The predicted octanol–water partition coefficient (Wildman–Crippen LogP) is 5.02. The van der Waals surface area contributed by atoms with Crippen LogP contribution < -0.4 is 5.56 Å². The Bertz CT molecular complexity index is 983. The lowest BCUT2D eigenvalue weighted by Gasteiger charge is -2.33. The van der Waals surface area contributed by atoms with E-state index >= 15 is 0 Å². The Kier molecular flexibility index (Phi) is 7.04. The summed E-state index contributed by atoms with van der Waals surface area (Å²) in [5.41, 5.74) is -0.374. The number of benzene rings is 1. The van der Waals surface area contributed by atoms with Gasteiger partial charge in [-0.2, -0.15) is 0 Å². The molecular weight excluding hydrogens is 435 g/mol. The molecule has 2 aromatic rings. The molecule has 0 aliphatic heterocycles. The first-order valence-electron chi connectivity index (χ1n) is 9.43. The Hall–Kier alpha value is -1.82. The average molecular weight is 456 g/mol. The second-order valence-electron chi connectivity index (χ2n) is 7.22. The van der Waals surface area contributed by atoms with Crippen molar-refractivity contribution >= 4 is 46.5 Å². The second kappa shape index (κ2) is 9.33. The highest BCUT2D eigenvalue weighted by Crippen LogP contribution is 2.28. The molecule has 5 nitrogen and oxygen atoms in total. The molecular formula is C21H21Cl3N2O3. The van der Waals surface area contributed by atoms with Crippen molar-refractivity contribution < 1.29 is 9.59 Å². The van der Waals surface area contributed by atoms with Crippen molar-refractivity contribution in [3.63, 3.8) is 0 Å². The molecule has 1 unspecified atom stereocenters. The number of hydrogen-bond donors (Lipinski definition) is 0. The van der Waals surface area contributed by atoms with Crippen molar-refractivity contribution in [2.75, 3.05) is 7.05 Å². The molecule has 29 heavy (non-hydrogen) atoms. The molecule has 154 valence electrons. The molecule has 0 N–H and O–H groups in total. The number of carbonyl (C=O) groups excluding carboxylic acids is 2. The summed E-state index contributed by atoms with van der Waals surface area (Å²) in [4.78, 5) is 40.9. The lowest BCUT2D eigenvalue weighted by molar-refractivity contribution is -0.134. The maximum Gasteiger partial charge on any atom is 0.253 e.